The Labute approximate surface area is 138 Å². The van der Waals surface area contributed by atoms with E-state index in [2.05, 4.69) is 21.8 Å². The fraction of sp³-hybridized carbons (Fsp3) is 0.533. The highest BCUT2D eigenvalue weighted by Gasteiger charge is 2.25. The summed E-state index contributed by atoms with van der Waals surface area (Å²) < 4.78 is 5.15. The Kier molecular flexibility index (Phi) is 4.49. The normalized spacial score (nSPS) is 18.7. The van der Waals surface area contributed by atoms with E-state index in [1.54, 1.807) is 12.3 Å². The van der Waals surface area contributed by atoms with E-state index in [9.17, 15) is 4.79 Å². The van der Waals surface area contributed by atoms with Gasteiger partial charge in [-0.3, -0.25) is 0 Å². The fourth-order valence-corrected chi connectivity index (χ4v) is 3.98. The molecule has 0 aromatic carbocycles. The number of rotatable bonds is 3. The number of fused-ring (bicyclic) bond motifs is 1. The summed E-state index contributed by atoms with van der Waals surface area (Å²) in [5.41, 5.74) is 0.534. The standard InChI is InChI=1S/C15H18ClN3O2S/c1-3-21-14(20)10-8-22-13-11(10)12(17-15(16)18-13)19-6-4-5-9(2)7-19/h8-9H,3-7H2,1-2H3. The number of thiophene rings is 1. The van der Waals surface area contributed by atoms with E-state index in [1.807, 2.05) is 0 Å². The number of piperidine rings is 1. The predicted octanol–water partition coefficient (Wildman–Crippen LogP) is 3.76. The van der Waals surface area contributed by atoms with Gasteiger partial charge in [0, 0.05) is 18.5 Å². The molecule has 0 N–H and O–H groups in total. The molecule has 1 fully saturated rings. The van der Waals surface area contributed by atoms with Crippen LogP contribution in [0.4, 0.5) is 5.82 Å². The summed E-state index contributed by atoms with van der Waals surface area (Å²) in [6, 6.07) is 0. The quantitative estimate of drug-likeness (QED) is 0.629. The number of nitrogens with zero attached hydrogens (tertiary/aromatic N) is 3. The van der Waals surface area contributed by atoms with Crippen LogP contribution in [0.25, 0.3) is 10.2 Å². The van der Waals surface area contributed by atoms with Crippen LogP contribution in [-0.2, 0) is 4.74 Å². The highest BCUT2D eigenvalue weighted by Crippen LogP contribution is 2.35. The number of aromatic nitrogens is 2. The largest absolute Gasteiger partial charge is 0.462 e. The van der Waals surface area contributed by atoms with Gasteiger partial charge < -0.3 is 9.64 Å². The van der Waals surface area contributed by atoms with Crippen molar-refractivity contribution in [3.8, 4) is 0 Å². The number of hydrogen-bond donors (Lipinski definition) is 0. The highest BCUT2D eigenvalue weighted by molar-refractivity contribution is 7.17. The smallest absolute Gasteiger partial charge is 0.339 e. The number of esters is 1. The summed E-state index contributed by atoms with van der Waals surface area (Å²) in [4.78, 5) is 23.8. The summed E-state index contributed by atoms with van der Waals surface area (Å²) in [5, 5.41) is 2.77. The van der Waals surface area contributed by atoms with Gasteiger partial charge in [-0.25, -0.2) is 9.78 Å². The van der Waals surface area contributed by atoms with Crippen molar-refractivity contribution in [2.75, 3.05) is 24.6 Å². The SMILES string of the molecule is CCOC(=O)c1csc2nc(Cl)nc(N3CCCC(C)C3)c12. The number of halogens is 1. The number of carbonyl (C=O) groups excluding carboxylic acids is 1. The van der Waals surface area contributed by atoms with Gasteiger partial charge in [-0.1, -0.05) is 6.92 Å². The molecule has 3 rings (SSSR count). The zero-order chi connectivity index (χ0) is 15.7. The van der Waals surface area contributed by atoms with E-state index in [1.165, 1.54) is 17.8 Å². The first kappa shape index (κ1) is 15.5. The van der Waals surface area contributed by atoms with Gasteiger partial charge in [0.1, 0.15) is 10.6 Å². The summed E-state index contributed by atoms with van der Waals surface area (Å²) in [6.07, 6.45) is 2.33. The van der Waals surface area contributed by atoms with Crippen molar-refractivity contribution in [3.63, 3.8) is 0 Å². The predicted molar refractivity (Wildman–Crippen MR) is 89.0 cm³/mol. The van der Waals surface area contributed by atoms with Crippen LogP contribution in [0, 0.1) is 5.92 Å². The molecule has 1 aliphatic heterocycles. The molecule has 1 aliphatic rings. The van der Waals surface area contributed by atoms with Gasteiger partial charge in [0.05, 0.1) is 17.6 Å². The number of ether oxygens (including phenoxy) is 1. The third-order valence-corrected chi connectivity index (χ3v) is 4.88. The van der Waals surface area contributed by atoms with E-state index < -0.39 is 0 Å². The molecule has 118 valence electrons. The monoisotopic (exact) mass is 339 g/mol. The third kappa shape index (κ3) is 2.90. The fourth-order valence-electron chi connectivity index (χ4n) is 2.87. The third-order valence-electron chi connectivity index (χ3n) is 3.84. The van der Waals surface area contributed by atoms with Crippen molar-refractivity contribution in [2.24, 2.45) is 5.92 Å². The van der Waals surface area contributed by atoms with Gasteiger partial charge in [-0.15, -0.1) is 11.3 Å². The maximum atomic E-state index is 12.2. The van der Waals surface area contributed by atoms with Gasteiger partial charge in [0.2, 0.25) is 5.28 Å². The molecule has 1 unspecified atom stereocenters. The van der Waals surface area contributed by atoms with Gasteiger partial charge in [-0.05, 0) is 37.3 Å². The van der Waals surface area contributed by atoms with Crippen LogP contribution in [0.1, 0.15) is 37.0 Å². The Morgan fingerprint density at radius 2 is 2.36 bits per heavy atom. The van der Waals surface area contributed by atoms with Crippen molar-refractivity contribution < 1.29 is 9.53 Å². The zero-order valence-electron chi connectivity index (χ0n) is 12.6. The topological polar surface area (TPSA) is 55.3 Å². The number of anilines is 1. The maximum absolute atomic E-state index is 12.2. The number of carbonyl (C=O) groups is 1. The Morgan fingerprint density at radius 3 is 3.09 bits per heavy atom. The second-order valence-corrected chi connectivity index (χ2v) is 6.76. The lowest BCUT2D eigenvalue weighted by Gasteiger charge is -2.32. The van der Waals surface area contributed by atoms with Crippen LogP contribution in [0.2, 0.25) is 5.28 Å². The van der Waals surface area contributed by atoms with Crippen LogP contribution in [0.15, 0.2) is 5.38 Å². The van der Waals surface area contributed by atoms with Gasteiger partial charge >= 0.3 is 5.97 Å². The molecule has 2 aromatic heterocycles. The van der Waals surface area contributed by atoms with E-state index in [0.29, 0.717) is 18.1 Å². The van der Waals surface area contributed by atoms with Gasteiger partial charge in [0.25, 0.3) is 0 Å². The minimum Gasteiger partial charge on any atom is -0.462 e. The zero-order valence-corrected chi connectivity index (χ0v) is 14.2. The Morgan fingerprint density at radius 1 is 1.55 bits per heavy atom. The average molecular weight is 340 g/mol. The molecule has 22 heavy (non-hydrogen) atoms. The van der Waals surface area contributed by atoms with Crippen molar-refractivity contribution in [3.05, 3.63) is 16.2 Å². The molecule has 0 aliphatic carbocycles. The summed E-state index contributed by atoms with van der Waals surface area (Å²) in [5.74, 6) is 1.03. The van der Waals surface area contributed by atoms with E-state index in [4.69, 9.17) is 16.3 Å². The molecule has 1 saturated heterocycles. The van der Waals surface area contributed by atoms with Crippen molar-refractivity contribution in [1.29, 1.82) is 0 Å². The minimum absolute atomic E-state index is 0.220. The molecule has 0 bridgehead atoms. The van der Waals surface area contributed by atoms with Crippen LogP contribution in [-0.4, -0.2) is 35.6 Å². The Balaban J connectivity index is 2.10. The number of hydrogen-bond acceptors (Lipinski definition) is 6. The molecule has 0 spiro atoms. The molecule has 0 saturated carbocycles. The van der Waals surface area contributed by atoms with E-state index in [0.717, 1.165) is 35.5 Å². The summed E-state index contributed by atoms with van der Waals surface area (Å²) in [6.45, 7) is 6.21. The first-order chi connectivity index (χ1) is 10.6. The molecular weight excluding hydrogens is 322 g/mol. The summed E-state index contributed by atoms with van der Waals surface area (Å²) >= 11 is 7.47. The molecule has 1 atom stereocenters. The van der Waals surface area contributed by atoms with Crippen LogP contribution >= 0.6 is 22.9 Å². The first-order valence-electron chi connectivity index (χ1n) is 7.47. The highest BCUT2D eigenvalue weighted by atomic mass is 35.5. The lowest BCUT2D eigenvalue weighted by molar-refractivity contribution is 0.0529. The molecule has 0 amide bonds. The molecular formula is C15H18ClN3O2S. The van der Waals surface area contributed by atoms with E-state index in [-0.39, 0.29) is 11.3 Å². The first-order valence-corrected chi connectivity index (χ1v) is 8.72. The molecule has 3 heterocycles. The Bertz CT molecular complexity index is 703. The van der Waals surface area contributed by atoms with Crippen molar-refractivity contribution in [2.45, 2.75) is 26.7 Å². The average Bonchev–Trinajstić information content (AvgIpc) is 2.90. The molecule has 7 heteroatoms. The molecule has 2 aromatic rings. The van der Waals surface area contributed by atoms with Crippen molar-refractivity contribution >= 4 is 44.9 Å². The minimum atomic E-state index is -0.328. The van der Waals surface area contributed by atoms with Crippen LogP contribution in [0.5, 0.6) is 0 Å². The second-order valence-electron chi connectivity index (χ2n) is 5.56. The molecule has 5 nitrogen and oxygen atoms in total. The Hall–Kier alpha value is -1.40. The second kappa shape index (κ2) is 6.38. The summed E-state index contributed by atoms with van der Waals surface area (Å²) in [7, 11) is 0. The van der Waals surface area contributed by atoms with Crippen LogP contribution in [0.3, 0.4) is 0 Å². The lowest BCUT2D eigenvalue weighted by Crippen LogP contribution is -2.35. The van der Waals surface area contributed by atoms with Crippen molar-refractivity contribution in [1.82, 2.24) is 9.97 Å². The van der Waals surface area contributed by atoms with E-state index >= 15 is 0 Å². The van der Waals surface area contributed by atoms with Gasteiger partial charge in [0.15, 0.2) is 0 Å². The van der Waals surface area contributed by atoms with Gasteiger partial charge in [-0.2, -0.15) is 4.98 Å². The van der Waals surface area contributed by atoms with Crippen LogP contribution < -0.4 is 4.90 Å². The maximum Gasteiger partial charge on any atom is 0.339 e. The molecule has 0 radical (unpaired) electrons. The lowest BCUT2D eigenvalue weighted by atomic mass is 10.00.